The van der Waals surface area contributed by atoms with Crippen LogP contribution in [-0.2, 0) is 5.41 Å². The van der Waals surface area contributed by atoms with Gasteiger partial charge in [-0.15, -0.1) is 0 Å². The van der Waals surface area contributed by atoms with E-state index in [4.69, 9.17) is 0 Å². The third-order valence-electron chi connectivity index (χ3n) is 15.8. The van der Waals surface area contributed by atoms with E-state index in [1.54, 1.807) is 0 Å². The molecule has 350 valence electrons. The summed E-state index contributed by atoms with van der Waals surface area (Å²) in [5.41, 5.74) is 20.2. The summed E-state index contributed by atoms with van der Waals surface area (Å²) in [6.45, 7) is 0. The van der Waals surface area contributed by atoms with Crippen molar-refractivity contribution in [2.24, 2.45) is 0 Å². The molecular formula is C71H46N4. The molecule has 0 bridgehead atoms. The van der Waals surface area contributed by atoms with Crippen LogP contribution in [0.2, 0.25) is 0 Å². The largest absolute Gasteiger partial charge is 0.310 e. The maximum absolute atomic E-state index is 9.90. The Morgan fingerprint density at radius 3 is 1.49 bits per heavy atom. The fourth-order valence-electron chi connectivity index (χ4n) is 12.5. The van der Waals surface area contributed by atoms with E-state index in [-0.39, 0.29) is 0 Å². The molecule has 0 aliphatic heterocycles. The van der Waals surface area contributed by atoms with Crippen LogP contribution < -0.4 is 9.80 Å². The zero-order valence-electron chi connectivity index (χ0n) is 40.9. The minimum Gasteiger partial charge on any atom is -0.310 e. The molecule has 4 heteroatoms. The van der Waals surface area contributed by atoms with Crippen molar-refractivity contribution in [1.29, 1.82) is 10.5 Å². The van der Waals surface area contributed by atoms with Gasteiger partial charge in [-0.25, -0.2) is 0 Å². The maximum atomic E-state index is 9.90. The summed E-state index contributed by atoms with van der Waals surface area (Å²) in [5, 5.41) is 24.5. The Labute approximate surface area is 436 Å². The van der Waals surface area contributed by atoms with E-state index >= 15 is 0 Å². The quantitative estimate of drug-likeness (QED) is 0.142. The normalized spacial score (nSPS) is 14.2. The number of anilines is 6. The predicted octanol–water partition coefficient (Wildman–Crippen LogP) is 18.3. The number of rotatable bonds is 8. The Hall–Kier alpha value is -10.0. The van der Waals surface area contributed by atoms with Gasteiger partial charge in [0.15, 0.2) is 0 Å². The van der Waals surface area contributed by atoms with E-state index in [1.807, 2.05) is 42.5 Å². The smallest absolute Gasteiger partial charge is 0.0991 e. The molecule has 0 N–H and O–H groups in total. The first kappa shape index (κ1) is 43.8. The number of benzene rings is 11. The first-order chi connectivity index (χ1) is 37.1. The predicted molar refractivity (Wildman–Crippen MR) is 308 cm³/mol. The zero-order chi connectivity index (χ0) is 50.0. The number of hydrogen-bond acceptors (Lipinski definition) is 4. The van der Waals surface area contributed by atoms with Gasteiger partial charge in [0.25, 0.3) is 0 Å². The molecule has 3 aliphatic carbocycles. The van der Waals surface area contributed by atoms with Crippen molar-refractivity contribution in [3.63, 3.8) is 0 Å². The highest BCUT2D eigenvalue weighted by Crippen LogP contribution is 2.66. The van der Waals surface area contributed by atoms with Crippen LogP contribution in [0.4, 0.5) is 34.1 Å². The second-order valence-electron chi connectivity index (χ2n) is 19.7. The van der Waals surface area contributed by atoms with Crippen molar-refractivity contribution in [3.05, 3.63) is 300 Å². The summed E-state index contributed by atoms with van der Waals surface area (Å²) < 4.78 is 0. The summed E-state index contributed by atoms with van der Waals surface area (Å²) in [6, 6.07) is 89.9. The molecule has 0 saturated heterocycles. The van der Waals surface area contributed by atoms with E-state index in [9.17, 15) is 10.5 Å². The maximum Gasteiger partial charge on any atom is 0.0991 e. The van der Waals surface area contributed by atoms with Crippen molar-refractivity contribution < 1.29 is 0 Å². The fourth-order valence-corrected chi connectivity index (χ4v) is 12.5. The molecule has 11 aromatic carbocycles. The standard InChI is InChI=1S/C71H46N4/c72-45-47-23-31-53(32-24-47)74(55-35-27-51(28-36-55)49-13-3-1-4-14-49)57-39-41-63-65(43-57)59-17-7-8-20-62(59)69-64-42-40-58(44-68(64)71(70(63)69)66-21-11-9-18-60(66)61-19-10-12-22-67(61)71)75(54-33-25-48(46-73)26-34-54)56-37-29-52(30-38-56)50-15-5-2-6-16-50/h1-15,17-44,50H,16H2. The Balaban J connectivity index is 1.01. The second kappa shape index (κ2) is 17.6. The highest BCUT2D eigenvalue weighted by Gasteiger charge is 2.53. The van der Waals surface area contributed by atoms with Crippen molar-refractivity contribution in [2.75, 3.05) is 9.80 Å². The summed E-state index contributed by atoms with van der Waals surface area (Å²) in [7, 11) is 0. The van der Waals surface area contributed by atoms with Gasteiger partial charge in [0.2, 0.25) is 0 Å². The lowest BCUT2D eigenvalue weighted by Crippen LogP contribution is -2.26. The summed E-state index contributed by atoms with van der Waals surface area (Å²) in [5.74, 6) is 0.333. The lowest BCUT2D eigenvalue weighted by atomic mass is 9.69. The van der Waals surface area contributed by atoms with Gasteiger partial charge in [0, 0.05) is 40.0 Å². The Morgan fingerprint density at radius 1 is 0.387 bits per heavy atom. The molecule has 75 heavy (non-hydrogen) atoms. The van der Waals surface area contributed by atoms with E-state index in [0.29, 0.717) is 17.0 Å². The number of nitriles is 2. The highest BCUT2D eigenvalue weighted by molar-refractivity contribution is 6.21. The first-order valence-electron chi connectivity index (χ1n) is 25.6. The average molecular weight is 955 g/mol. The van der Waals surface area contributed by atoms with Crippen LogP contribution >= 0.6 is 0 Å². The molecule has 14 rings (SSSR count). The zero-order valence-corrected chi connectivity index (χ0v) is 40.9. The van der Waals surface area contributed by atoms with Gasteiger partial charge in [-0.3, -0.25) is 0 Å². The van der Waals surface area contributed by atoms with Crippen LogP contribution in [-0.4, -0.2) is 0 Å². The minimum absolute atomic E-state index is 0.333. The van der Waals surface area contributed by atoms with E-state index in [2.05, 4.69) is 240 Å². The molecule has 1 unspecified atom stereocenters. The molecule has 1 atom stereocenters. The molecule has 0 aromatic heterocycles. The lowest BCUT2D eigenvalue weighted by Gasteiger charge is -2.33. The van der Waals surface area contributed by atoms with Gasteiger partial charge in [0.1, 0.15) is 0 Å². The molecule has 0 heterocycles. The molecule has 0 amide bonds. The van der Waals surface area contributed by atoms with Gasteiger partial charge >= 0.3 is 0 Å². The van der Waals surface area contributed by atoms with Crippen LogP contribution in [0.25, 0.3) is 54.9 Å². The number of allylic oxidation sites excluding steroid dienone is 4. The van der Waals surface area contributed by atoms with Crippen molar-refractivity contribution in [3.8, 4) is 45.5 Å². The van der Waals surface area contributed by atoms with Gasteiger partial charge in [0.05, 0.1) is 28.7 Å². The van der Waals surface area contributed by atoms with Gasteiger partial charge in [-0.05, 0) is 186 Å². The third kappa shape index (κ3) is 6.89. The second-order valence-corrected chi connectivity index (χ2v) is 19.7. The van der Waals surface area contributed by atoms with Crippen LogP contribution in [0.1, 0.15) is 51.3 Å². The van der Waals surface area contributed by atoms with Gasteiger partial charge < -0.3 is 9.80 Å². The van der Waals surface area contributed by atoms with E-state index in [0.717, 1.165) is 46.1 Å². The molecule has 0 saturated carbocycles. The van der Waals surface area contributed by atoms with Crippen LogP contribution in [0.15, 0.2) is 261 Å². The SMILES string of the molecule is N#Cc1ccc(N(c2ccc(C3C=CC=CC3)cc2)c2ccc3c(c2)C2(c4ccccc4-c4ccccc42)c2c-3c3ccccc3c3cc(N(c4ccc(C#N)cc4)c4ccc(-c5ccccc5)cc4)ccc23)cc1. The fraction of sp³-hybridized carbons (Fsp3) is 0.0423. The summed E-state index contributed by atoms with van der Waals surface area (Å²) in [6.07, 6.45) is 9.77. The molecule has 0 radical (unpaired) electrons. The van der Waals surface area contributed by atoms with E-state index < -0.39 is 5.41 Å². The molecule has 4 nitrogen and oxygen atoms in total. The minimum atomic E-state index is -0.682. The Bertz CT molecular complexity index is 4170. The first-order valence-corrected chi connectivity index (χ1v) is 25.6. The average Bonchev–Trinajstić information content (AvgIpc) is 3.99. The molecule has 3 aliphatic rings. The van der Waals surface area contributed by atoms with Crippen LogP contribution in [0.3, 0.4) is 0 Å². The lowest BCUT2D eigenvalue weighted by molar-refractivity contribution is 0.801. The van der Waals surface area contributed by atoms with Crippen molar-refractivity contribution >= 4 is 55.7 Å². The highest BCUT2D eigenvalue weighted by atomic mass is 15.1. The number of nitrogens with zero attached hydrogens (tertiary/aromatic N) is 4. The van der Waals surface area contributed by atoms with Crippen LogP contribution in [0.5, 0.6) is 0 Å². The summed E-state index contributed by atoms with van der Waals surface area (Å²) >= 11 is 0. The number of hydrogen-bond donors (Lipinski definition) is 0. The van der Waals surface area contributed by atoms with Crippen LogP contribution in [0, 0.1) is 22.7 Å². The molecule has 11 aromatic rings. The Kier molecular flexibility index (Phi) is 10.3. The topological polar surface area (TPSA) is 54.1 Å². The summed E-state index contributed by atoms with van der Waals surface area (Å²) in [4.78, 5) is 4.65. The molecule has 1 spiro atoms. The van der Waals surface area contributed by atoms with Crippen molar-refractivity contribution in [1.82, 2.24) is 0 Å². The third-order valence-corrected chi connectivity index (χ3v) is 15.8. The monoisotopic (exact) mass is 954 g/mol. The van der Waals surface area contributed by atoms with E-state index in [1.165, 1.54) is 77.2 Å². The molecular weight excluding hydrogens is 909 g/mol. The van der Waals surface area contributed by atoms with Gasteiger partial charge in [-0.1, -0.05) is 164 Å². The molecule has 0 fully saturated rings. The Morgan fingerprint density at radius 2 is 0.893 bits per heavy atom. The van der Waals surface area contributed by atoms with Gasteiger partial charge in [-0.2, -0.15) is 10.5 Å². The van der Waals surface area contributed by atoms with Crippen molar-refractivity contribution in [2.45, 2.75) is 17.8 Å². The number of fused-ring (bicyclic) bond motifs is 15.